The van der Waals surface area contributed by atoms with Gasteiger partial charge >= 0.3 is 11.9 Å². The number of carbonyl (C=O) groups excluding carboxylic acids is 3. The molecule has 1 aromatic carbocycles. The lowest BCUT2D eigenvalue weighted by atomic mass is 9.67. The van der Waals surface area contributed by atoms with Crippen molar-refractivity contribution in [3.8, 4) is 0 Å². The predicted octanol–water partition coefficient (Wildman–Crippen LogP) is 2.28. The highest BCUT2D eigenvalue weighted by molar-refractivity contribution is 5.92. The lowest BCUT2D eigenvalue weighted by Gasteiger charge is -2.36. The Hall–Kier alpha value is -2.17. The summed E-state index contributed by atoms with van der Waals surface area (Å²) in [6, 6.07) is 9.27. The van der Waals surface area contributed by atoms with E-state index in [0.717, 1.165) is 5.56 Å². The van der Waals surface area contributed by atoms with Crippen LogP contribution < -0.4 is 0 Å². The summed E-state index contributed by atoms with van der Waals surface area (Å²) in [4.78, 5) is 36.1. The van der Waals surface area contributed by atoms with E-state index in [1.54, 1.807) is 6.92 Å². The Kier molecular flexibility index (Phi) is 4.96. The number of ether oxygens (including phenoxy) is 2. The molecule has 0 spiro atoms. The first kappa shape index (κ1) is 16.2. The zero-order chi connectivity index (χ0) is 16.2. The molecule has 0 heterocycles. The average molecular weight is 304 g/mol. The quantitative estimate of drug-likeness (QED) is 0.798. The second-order valence-corrected chi connectivity index (χ2v) is 5.80. The number of hydrogen-bond donors (Lipinski definition) is 0. The van der Waals surface area contributed by atoms with Crippen molar-refractivity contribution in [3.05, 3.63) is 35.9 Å². The maximum absolute atomic E-state index is 12.4. The van der Waals surface area contributed by atoms with Gasteiger partial charge in [-0.15, -0.1) is 0 Å². The number of Topliss-reactive ketones (excluding diaryl/α,β-unsaturated/α-hetero) is 1. The molecule has 0 unspecified atom stereocenters. The summed E-state index contributed by atoms with van der Waals surface area (Å²) in [6.45, 7) is 1.79. The summed E-state index contributed by atoms with van der Waals surface area (Å²) < 4.78 is 10.1. The second-order valence-electron chi connectivity index (χ2n) is 5.80. The molecule has 5 nitrogen and oxygen atoms in total. The van der Waals surface area contributed by atoms with Gasteiger partial charge in [0.15, 0.2) is 0 Å². The van der Waals surface area contributed by atoms with E-state index in [1.165, 1.54) is 7.11 Å². The third kappa shape index (κ3) is 3.35. The smallest absolute Gasteiger partial charge is 0.312 e. The molecule has 2 atom stereocenters. The van der Waals surface area contributed by atoms with Gasteiger partial charge in [-0.2, -0.15) is 0 Å². The van der Waals surface area contributed by atoms with Crippen molar-refractivity contribution in [3.63, 3.8) is 0 Å². The van der Waals surface area contributed by atoms with Crippen LogP contribution in [0.15, 0.2) is 30.3 Å². The predicted molar refractivity (Wildman–Crippen MR) is 78.7 cm³/mol. The maximum Gasteiger partial charge on any atom is 0.312 e. The van der Waals surface area contributed by atoms with Crippen molar-refractivity contribution in [2.24, 2.45) is 11.3 Å². The standard InChI is InChI=1S/C17H20O5/c1-17(16(20)21-2)9-8-13(18)10-14(17)15(19)22-11-12-6-4-3-5-7-12/h3-7,14H,8-11H2,1-2H3/t14-,17-/m0/s1. The van der Waals surface area contributed by atoms with Crippen LogP contribution in [0.4, 0.5) is 0 Å². The van der Waals surface area contributed by atoms with Crippen molar-refractivity contribution in [2.75, 3.05) is 7.11 Å². The molecule has 0 radical (unpaired) electrons. The number of ketones is 1. The van der Waals surface area contributed by atoms with Crippen LogP contribution in [0.3, 0.4) is 0 Å². The minimum atomic E-state index is -1.00. The van der Waals surface area contributed by atoms with Crippen LogP contribution in [0.5, 0.6) is 0 Å². The van der Waals surface area contributed by atoms with E-state index in [1.807, 2.05) is 30.3 Å². The molecule has 5 heteroatoms. The van der Waals surface area contributed by atoms with E-state index in [4.69, 9.17) is 9.47 Å². The molecular formula is C17H20O5. The molecule has 1 fully saturated rings. The Bertz CT molecular complexity index is 566. The highest BCUT2D eigenvalue weighted by Crippen LogP contribution is 2.41. The third-order valence-corrected chi connectivity index (χ3v) is 4.28. The molecule has 0 aliphatic heterocycles. The lowest BCUT2D eigenvalue weighted by Crippen LogP contribution is -2.46. The first-order valence-electron chi connectivity index (χ1n) is 7.28. The van der Waals surface area contributed by atoms with Crippen molar-refractivity contribution in [2.45, 2.75) is 32.8 Å². The van der Waals surface area contributed by atoms with Crippen molar-refractivity contribution < 1.29 is 23.9 Å². The Labute approximate surface area is 129 Å². The highest BCUT2D eigenvalue weighted by Gasteiger charge is 2.50. The Morgan fingerprint density at radius 2 is 1.95 bits per heavy atom. The highest BCUT2D eigenvalue weighted by atomic mass is 16.5. The van der Waals surface area contributed by atoms with Crippen LogP contribution in [0.25, 0.3) is 0 Å². The summed E-state index contributed by atoms with van der Waals surface area (Å²) in [5.74, 6) is -1.81. The first-order chi connectivity index (χ1) is 10.5. The van der Waals surface area contributed by atoms with Crippen molar-refractivity contribution in [1.29, 1.82) is 0 Å². The van der Waals surface area contributed by atoms with Gasteiger partial charge in [-0.05, 0) is 18.9 Å². The summed E-state index contributed by atoms with van der Waals surface area (Å²) in [5.41, 5.74) is -0.145. The molecule has 1 saturated carbocycles. The molecule has 0 N–H and O–H groups in total. The largest absolute Gasteiger partial charge is 0.469 e. The Morgan fingerprint density at radius 3 is 2.59 bits per heavy atom. The van der Waals surface area contributed by atoms with E-state index >= 15 is 0 Å². The second kappa shape index (κ2) is 6.73. The molecule has 0 bridgehead atoms. The van der Waals surface area contributed by atoms with Gasteiger partial charge in [-0.25, -0.2) is 0 Å². The summed E-state index contributed by atoms with van der Waals surface area (Å²) >= 11 is 0. The summed E-state index contributed by atoms with van der Waals surface area (Å²) in [5, 5.41) is 0. The van der Waals surface area contributed by atoms with Crippen LogP contribution in [0.2, 0.25) is 0 Å². The van der Waals surface area contributed by atoms with Crippen LogP contribution >= 0.6 is 0 Å². The molecule has 0 saturated heterocycles. The molecular weight excluding hydrogens is 284 g/mol. The monoisotopic (exact) mass is 304 g/mol. The van der Waals surface area contributed by atoms with Gasteiger partial charge in [0.05, 0.1) is 18.4 Å². The van der Waals surface area contributed by atoms with Crippen LogP contribution in [0.1, 0.15) is 31.7 Å². The Morgan fingerprint density at radius 1 is 1.27 bits per heavy atom. The van der Waals surface area contributed by atoms with Crippen molar-refractivity contribution >= 4 is 17.7 Å². The molecule has 0 amide bonds. The molecule has 1 aliphatic carbocycles. The van der Waals surface area contributed by atoms with E-state index in [-0.39, 0.29) is 25.2 Å². The number of esters is 2. The molecule has 0 aromatic heterocycles. The zero-order valence-corrected chi connectivity index (χ0v) is 12.8. The van der Waals surface area contributed by atoms with Gasteiger partial charge in [-0.3, -0.25) is 14.4 Å². The molecule has 1 aromatic rings. The van der Waals surface area contributed by atoms with E-state index < -0.39 is 23.3 Å². The first-order valence-corrected chi connectivity index (χ1v) is 7.28. The molecule has 2 rings (SSSR count). The van der Waals surface area contributed by atoms with Gasteiger partial charge in [0.25, 0.3) is 0 Å². The fourth-order valence-electron chi connectivity index (χ4n) is 2.78. The third-order valence-electron chi connectivity index (χ3n) is 4.28. The fraction of sp³-hybridized carbons (Fsp3) is 0.471. The van der Waals surface area contributed by atoms with Gasteiger partial charge in [0, 0.05) is 12.8 Å². The SMILES string of the molecule is COC(=O)[C@@]1(C)CCC(=O)C[C@H]1C(=O)OCc1ccccc1. The van der Waals surface area contributed by atoms with Crippen LogP contribution in [-0.4, -0.2) is 24.8 Å². The summed E-state index contributed by atoms with van der Waals surface area (Å²) in [7, 11) is 1.29. The zero-order valence-electron chi connectivity index (χ0n) is 12.8. The van der Waals surface area contributed by atoms with Gasteiger partial charge in [0.2, 0.25) is 0 Å². The fourth-order valence-corrected chi connectivity index (χ4v) is 2.78. The van der Waals surface area contributed by atoms with Crippen LogP contribution in [-0.2, 0) is 30.5 Å². The van der Waals surface area contributed by atoms with Crippen molar-refractivity contribution in [1.82, 2.24) is 0 Å². The van der Waals surface area contributed by atoms with Gasteiger partial charge < -0.3 is 9.47 Å². The van der Waals surface area contributed by atoms with Gasteiger partial charge in [0.1, 0.15) is 12.4 Å². The number of methoxy groups -OCH3 is 1. The molecule has 118 valence electrons. The molecule has 22 heavy (non-hydrogen) atoms. The lowest BCUT2D eigenvalue weighted by molar-refractivity contribution is -0.171. The minimum absolute atomic E-state index is 0.0250. The normalized spacial score (nSPS) is 24.6. The van der Waals surface area contributed by atoms with E-state index in [0.29, 0.717) is 6.42 Å². The average Bonchev–Trinajstić information content (AvgIpc) is 2.55. The number of carbonyl (C=O) groups is 3. The van der Waals surface area contributed by atoms with E-state index in [2.05, 4.69) is 0 Å². The van der Waals surface area contributed by atoms with Gasteiger partial charge in [-0.1, -0.05) is 30.3 Å². The van der Waals surface area contributed by atoms with Crippen LogP contribution in [0, 0.1) is 11.3 Å². The number of hydrogen-bond acceptors (Lipinski definition) is 5. The Balaban J connectivity index is 2.10. The number of benzene rings is 1. The maximum atomic E-state index is 12.4. The number of rotatable bonds is 4. The summed E-state index contributed by atoms with van der Waals surface area (Å²) in [6.07, 6.45) is 0.622. The topological polar surface area (TPSA) is 69.7 Å². The van der Waals surface area contributed by atoms with E-state index in [9.17, 15) is 14.4 Å². The molecule has 1 aliphatic rings. The minimum Gasteiger partial charge on any atom is -0.469 e.